The third-order valence-corrected chi connectivity index (χ3v) is 5.02. The van der Waals surface area contributed by atoms with E-state index in [1.54, 1.807) is 12.5 Å². The van der Waals surface area contributed by atoms with E-state index in [9.17, 15) is 4.79 Å². The zero-order valence-electron chi connectivity index (χ0n) is 15.9. The van der Waals surface area contributed by atoms with Gasteiger partial charge in [-0.1, -0.05) is 30.3 Å². The maximum atomic E-state index is 12.4. The fraction of sp³-hybridized carbons (Fsp3) is 0.333. The Balaban J connectivity index is 1.65. The number of fused-ring (bicyclic) bond motifs is 1. The summed E-state index contributed by atoms with van der Waals surface area (Å²) in [5, 5.41) is 6.41. The minimum atomic E-state index is -0.0348. The Morgan fingerprint density at radius 1 is 1.25 bits per heavy atom. The first-order valence-corrected chi connectivity index (χ1v) is 9.68. The number of rotatable bonds is 6. The predicted molar refractivity (Wildman–Crippen MR) is 107 cm³/mol. The highest BCUT2D eigenvalue weighted by Crippen LogP contribution is 2.30. The lowest BCUT2D eigenvalue weighted by atomic mass is 9.86. The molecule has 1 unspecified atom stereocenters. The number of anilines is 1. The molecular formula is C21H24N6O. The molecular weight excluding hydrogens is 352 g/mol. The molecule has 0 saturated carbocycles. The molecule has 3 aromatic rings. The number of nitrogens with one attached hydrogen (secondary N) is 2. The Labute approximate surface area is 164 Å². The highest BCUT2D eigenvalue weighted by molar-refractivity contribution is 5.79. The van der Waals surface area contributed by atoms with Crippen LogP contribution in [0, 0.1) is 5.92 Å². The average molecular weight is 376 g/mol. The largest absolute Gasteiger partial charge is 0.366 e. The second kappa shape index (κ2) is 8.21. The molecule has 28 heavy (non-hydrogen) atoms. The summed E-state index contributed by atoms with van der Waals surface area (Å²) in [5.74, 6) is 1.48. The van der Waals surface area contributed by atoms with Gasteiger partial charge >= 0.3 is 0 Å². The standard InChI is InChI=1S/C21H24N6O/c1-2-23-20(28)16-8-9-18-17(12-16)19(24-13-15-6-4-3-5-7-15)26-21(25-18)27-11-10-22-14-27/h3-7,10-11,14,16H,2,8-9,12-13H2,1H3,(H,23,28)(H,24,25,26). The maximum Gasteiger partial charge on any atom is 0.237 e. The number of nitrogens with zero attached hydrogens (tertiary/aromatic N) is 4. The Hall–Kier alpha value is -3.22. The number of amides is 1. The molecule has 1 aliphatic carbocycles. The number of carbonyl (C=O) groups excluding carboxylic acids is 1. The van der Waals surface area contributed by atoms with Gasteiger partial charge in [0.25, 0.3) is 0 Å². The van der Waals surface area contributed by atoms with Crippen molar-refractivity contribution < 1.29 is 4.79 Å². The average Bonchev–Trinajstić information content (AvgIpc) is 3.27. The first-order valence-electron chi connectivity index (χ1n) is 9.68. The lowest BCUT2D eigenvalue weighted by Gasteiger charge is -2.25. The van der Waals surface area contributed by atoms with Crippen LogP contribution in [0.2, 0.25) is 0 Å². The molecule has 0 spiro atoms. The Bertz CT molecular complexity index is 939. The summed E-state index contributed by atoms with van der Waals surface area (Å²) in [6.07, 6.45) is 7.47. The van der Waals surface area contributed by atoms with E-state index >= 15 is 0 Å². The van der Waals surface area contributed by atoms with E-state index < -0.39 is 0 Å². The van der Waals surface area contributed by atoms with Crippen molar-refractivity contribution in [3.8, 4) is 5.95 Å². The van der Waals surface area contributed by atoms with Gasteiger partial charge < -0.3 is 10.6 Å². The minimum absolute atomic E-state index is 0.0348. The summed E-state index contributed by atoms with van der Waals surface area (Å²) in [5.41, 5.74) is 3.23. The zero-order valence-corrected chi connectivity index (χ0v) is 15.9. The second-order valence-corrected chi connectivity index (χ2v) is 6.94. The summed E-state index contributed by atoms with van der Waals surface area (Å²) in [7, 11) is 0. The molecule has 0 fully saturated rings. The fourth-order valence-electron chi connectivity index (χ4n) is 3.56. The van der Waals surface area contributed by atoms with Crippen LogP contribution in [0.25, 0.3) is 5.95 Å². The molecule has 1 atom stereocenters. The monoisotopic (exact) mass is 376 g/mol. The molecule has 1 aromatic carbocycles. The topological polar surface area (TPSA) is 84.7 Å². The molecule has 7 heteroatoms. The number of carbonyl (C=O) groups is 1. The minimum Gasteiger partial charge on any atom is -0.366 e. The first-order chi connectivity index (χ1) is 13.7. The van der Waals surface area contributed by atoms with Crippen molar-refractivity contribution in [1.29, 1.82) is 0 Å². The highest BCUT2D eigenvalue weighted by atomic mass is 16.1. The summed E-state index contributed by atoms with van der Waals surface area (Å²) in [4.78, 5) is 26.0. The Morgan fingerprint density at radius 3 is 2.86 bits per heavy atom. The van der Waals surface area contributed by atoms with E-state index in [1.165, 1.54) is 5.56 Å². The molecule has 4 rings (SSSR count). The van der Waals surface area contributed by atoms with Crippen LogP contribution >= 0.6 is 0 Å². The van der Waals surface area contributed by atoms with Crippen molar-refractivity contribution in [2.75, 3.05) is 11.9 Å². The van der Waals surface area contributed by atoms with Crippen molar-refractivity contribution in [2.24, 2.45) is 5.92 Å². The van der Waals surface area contributed by atoms with Gasteiger partial charge in [-0.3, -0.25) is 9.36 Å². The number of benzene rings is 1. The third-order valence-electron chi connectivity index (χ3n) is 5.02. The van der Waals surface area contributed by atoms with Gasteiger partial charge in [0.05, 0.1) is 5.69 Å². The Kier molecular flexibility index (Phi) is 5.32. The quantitative estimate of drug-likeness (QED) is 0.691. The lowest BCUT2D eigenvalue weighted by Crippen LogP contribution is -2.34. The smallest absolute Gasteiger partial charge is 0.237 e. The Morgan fingerprint density at radius 2 is 2.11 bits per heavy atom. The van der Waals surface area contributed by atoms with Gasteiger partial charge in [0.2, 0.25) is 11.9 Å². The van der Waals surface area contributed by atoms with E-state index in [4.69, 9.17) is 9.97 Å². The van der Waals surface area contributed by atoms with Crippen molar-refractivity contribution in [2.45, 2.75) is 32.7 Å². The van der Waals surface area contributed by atoms with Gasteiger partial charge in [0, 0.05) is 37.0 Å². The van der Waals surface area contributed by atoms with Gasteiger partial charge in [-0.15, -0.1) is 0 Å². The van der Waals surface area contributed by atoms with E-state index in [0.29, 0.717) is 25.5 Å². The van der Waals surface area contributed by atoms with Gasteiger partial charge in [-0.2, -0.15) is 4.98 Å². The molecule has 144 valence electrons. The number of aromatic nitrogens is 4. The molecule has 0 bridgehead atoms. The van der Waals surface area contributed by atoms with Crippen LogP contribution in [0.15, 0.2) is 49.1 Å². The molecule has 1 aliphatic rings. The normalized spacial score (nSPS) is 15.7. The summed E-state index contributed by atoms with van der Waals surface area (Å²) in [6.45, 7) is 3.26. The predicted octanol–water partition coefficient (Wildman–Crippen LogP) is 2.52. The van der Waals surface area contributed by atoms with Gasteiger partial charge in [0.1, 0.15) is 12.1 Å². The maximum absolute atomic E-state index is 12.4. The van der Waals surface area contributed by atoms with E-state index in [2.05, 4.69) is 27.8 Å². The number of imidazole rings is 1. The van der Waals surface area contributed by atoms with E-state index in [-0.39, 0.29) is 11.8 Å². The summed E-state index contributed by atoms with van der Waals surface area (Å²) < 4.78 is 1.81. The lowest BCUT2D eigenvalue weighted by molar-refractivity contribution is -0.125. The second-order valence-electron chi connectivity index (χ2n) is 6.94. The summed E-state index contributed by atoms with van der Waals surface area (Å²) in [6, 6.07) is 10.2. The number of hydrogen-bond donors (Lipinski definition) is 2. The molecule has 2 N–H and O–H groups in total. The van der Waals surface area contributed by atoms with Gasteiger partial charge in [-0.25, -0.2) is 9.97 Å². The molecule has 2 heterocycles. The van der Waals surface area contributed by atoms with E-state index in [0.717, 1.165) is 29.9 Å². The van der Waals surface area contributed by atoms with Crippen LogP contribution in [0.1, 0.15) is 30.2 Å². The number of hydrogen-bond acceptors (Lipinski definition) is 5. The van der Waals surface area contributed by atoms with Gasteiger partial charge in [-0.05, 0) is 31.7 Å². The van der Waals surface area contributed by atoms with Crippen molar-refractivity contribution in [1.82, 2.24) is 24.8 Å². The van der Waals surface area contributed by atoms with Crippen LogP contribution < -0.4 is 10.6 Å². The van der Waals surface area contributed by atoms with Crippen LogP contribution in [0.5, 0.6) is 0 Å². The van der Waals surface area contributed by atoms with Crippen molar-refractivity contribution >= 4 is 11.7 Å². The molecule has 2 aromatic heterocycles. The summed E-state index contributed by atoms with van der Waals surface area (Å²) >= 11 is 0. The molecule has 1 amide bonds. The first kappa shape index (κ1) is 18.2. The van der Waals surface area contributed by atoms with Crippen LogP contribution in [0.3, 0.4) is 0 Å². The zero-order chi connectivity index (χ0) is 19.3. The van der Waals surface area contributed by atoms with Crippen molar-refractivity contribution in [3.63, 3.8) is 0 Å². The SMILES string of the molecule is CCNC(=O)C1CCc2nc(-n3ccnc3)nc(NCc3ccccc3)c2C1. The molecule has 7 nitrogen and oxygen atoms in total. The molecule has 0 radical (unpaired) electrons. The van der Waals surface area contributed by atoms with Crippen LogP contribution in [-0.2, 0) is 24.2 Å². The highest BCUT2D eigenvalue weighted by Gasteiger charge is 2.28. The van der Waals surface area contributed by atoms with E-state index in [1.807, 2.05) is 35.9 Å². The molecule has 0 saturated heterocycles. The van der Waals surface area contributed by atoms with Gasteiger partial charge in [0.15, 0.2) is 0 Å². The fourth-order valence-corrected chi connectivity index (χ4v) is 3.56. The van der Waals surface area contributed by atoms with Crippen LogP contribution in [0.4, 0.5) is 5.82 Å². The molecule has 0 aliphatic heterocycles. The third kappa shape index (κ3) is 3.88. The van der Waals surface area contributed by atoms with Crippen LogP contribution in [-0.4, -0.2) is 32.0 Å². The van der Waals surface area contributed by atoms with Crippen molar-refractivity contribution in [3.05, 3.63) is 65.9 Å². The number of aryl methyl sites for hydroxylation is 1.